The Morgan fingerprint density at radius 3 is 1.30 bits per heavy atom. The number of rotatable bonds is 3. The van der Waals surface area contributed by atoms with Crippen LogP contribution in [0.2, 0.25) is 0 Å². The zero-order chi connectivity index (χ0) is 8.31. The molecule has 0 aromatic carbocycles. The molecular formula is C6H8O4-2. The van der Waals surface area contributed by atoms with E-state index in [1.54, 1.807) is 0 Å². The summed E-state index contributed by atoms with van der Waals surface area (Å²) in [5.41, 5.74) is 0. The molecule has 0 aromatic heterocycles. The first-order chi connectivity index (χ1) is 4.46. The minimum atomic E-state index is -1.36. The molecule has 0 fully saturated rings. The van der Waals surface area contributed by atoms with Crippen LogP contribution in [0.4, 0.5) is 0 Å². The highest BCUT2D eigenvalue weighted by Crippen LogP contribution is 2.07. The van der Waals surface area contributed by atoms with Crippen molar-refractivity contribution in [3.63, 3.8) is 0 Å². The molecule has 0 aliphatic heterocycles. The van der Waals surface area contributed by atoms with Gasteiger partial charge in [-0.1, -0.05) is 13.8 Å². The zero-order valence-corrected chi connectivity index (χ0v) is 5.79. The molecule has 0 aromatic rings. The molecule has 0 unspecified atom stereocenters. The summed E-state index contributed by atoms with van der Waals surface area (Å²) in [4.78, 5) is 20.1. The van der Waals surface area contributed by atoms with E-state index in [-0.39, 0.29) is 0 Å². The van der Waals surface area contributed by atoms with Crippen molar-refractivity contribution in [2.45, 2.75) is 13.8 Å². The highest BCUT2D eigenvalue weighted by molar-refractivity contribution is 5.77. The fourth-order valence-corrected chi connectivity index (χ4v) is 0.408. The maximum atomic E-state index is 10.0. The van der Waals surface area contributed by atoms with Crippen molar-refractivity contribution in [2.75, 3.05) is 0 Å². The van der Waals surface area contributed by atoms with E-state index in [2.05, 4.69) is 0 Å². The number of carboxylic acids is 2. The van der Waals surface area contributed by atoms with E-state index in [0.717, 1.165) is 0 Å². The zero-order valence-electron chi connectivity index (χ0n) is 5.79. The van der Waals surface area contributed by atoms with Gasteiger partial charge in [0.2, 0.25) is 0 Å². The number of carbonyl (C=O) groups is 2. The number of hydrogen-bond donors (Lipinski definition) is 0. The molecule has 0 amide bonds. The minimum absolute atomic E-state index is 0.995. The van der Waals surface area contributed by atoms with E-state index in [0.29, 0.717) is 0 Å². The largest absolute Gasteiger partial charge is 0.550 e. The fourth-order valence-electron chi connectivity index (χ4n) is 0.408. The molecule has 0 saturated heterocycles. The smallest absolute Gasteiger partial charge is 0.0448 e. The highest BCUT2D eigenvalue weighted by Gasteiger charge is 2.13. The third kappa shape index (κ3) is 2.05. The van der Waals surface area contributed by atoms with Crippen LogP contribution in [0.1, 0.15) is 13.8 Å². The Balaban J connectivity index is 4.07. The lowest BCUT2D eigenvalue weighted by Crippen LogP contribution is -2.41. The van der Waals surface area contributed by atoms with Gasteiger partial charge in [-0.25, -0.2) is 0 Å². The van der Waals surface area contributed by atoms with Crippen molar-refractivity contribution >= 4 is 11.9 Å². The second-order valence-electron chi connectivity index (χ2n) is 2.22. The average molecular weight is 144 g/mol. The molecule has 0 bridgehead atoms. The molecule has 0 spiro atoms. The second-order valence-corrected chi connectivity index (χ2v) is 2.22. The summed E-state index contributed by atoms with van der Waals surface area (Å²) in [5, 5.41) is 20.1. The summed E-state index contributed by atoms with van der Waals surface area (Å²) in [5.74, 6) is -4.72. The maximum Gasteiger partial charge on any atom is 0.0448 e. The van der Waals surface area contributed by atoms with Gasteiger partial charge in [-0.15, -0.1) is 0 Å². The van der Waals surface area contributed by atoms with Gasteiger partial charge >= 0.3 is 0 Å². The molecule has 58 valence electrons. The molecule has 4 heteroatoms. The normalized spacial score (nSPS) is 15.8. The van der Waals surface area contributed by atoms with Gasteiger partial charge in [-0.2, -0.15) is 0 Å². The van der Waals surface area contributed by atoms with Crippen LogP contribution in [0.5, 0.6) is 0 Å². The molecule has 0 aliphatic carbocycles. The lowest BCUT2D eigenvalue weighted by Gasteiger charge is -2.20. The molecule has 0 N–H and O–H groups in total. The number of hydrogen-bond acceptors (Lipinski definition) is 4. The third-order valence-electron chi connectivity index (χ3n) is 1.49. The van der Waals surface area contributed by atoms with E-state index in [4.69, 9.17) is 0 Å². The molecule has 0 heterocycles. The molecule has 0 rings (SSSR count). The monoisotopic (exact) mass is 144 g/mol. The van der Waals surface area contributed by atoms with E-state index >= 15 is 0 Å². The van der Waals surface area contributed by atoms with Crippen molar-refractivity contribution in [1.29, 1.82) is 0 Å². The quantitative estimate of drug-likeness (QED) is 0.448. The van der Waals surface area contributed by atoms with Crippen molar-refractivity contribution in [1.82, 2.24) is 0 Å². The molecule has 0 aliphatic rings. The predicted octanol–water partition coefficient (Wildman–Crippen LogP) is -2.24. The molecule has 10 heavy (non-hydrogen) atoms. The van der Waals surface area contributed by atoms with Crippen LogP contribution >= 0.6 is 0 Å². The molecular weight excluding hydrogens is 136 g/mol. The van der Waals surface area contributed by atoms with Crippen molar-refractivity contribution in [3.8, 4) is 0 Å². The summed E-state index contributed by atoms with van der Waals surface area (Å²) in [7, 11) is 0. The summed E-state index contributed by atoms with van der Waals surface area (Å²) in [6.45, 7) is 2.55. The first-order valence-corrected chi connectivity index (χ1v) is 2.88. The maximum absolute atomic E-state index is 10.0. The standard InChI is InChI=1S/C6H10O4/c1-3(5(7)8)4(2)6(9)10/h3-4H,1-2H3,(H,7,8)(H,9,10)/p-2/t3-,4-/m0/s1. The van der Waals surface area contributed by atoms with Gasteiger partial charge in [0.1, 0.15) is 0 Å². The Kier molecular flexibility index (Phi) is 2.86. The number of carbonyl (C=O) groups excluding carboxylic acids is 2. The topological polar surface area (TPSA) is 80.3 Å². The van der Waals surface area contributed by atoms with Gasteiger partial charge < -0.3 is 19.8 Å². The number of aliphatic carboxylic acids is 2. The fraction of sp³-hybridized carbons (Fsp3) is 0.667. The Bertz CT molecular complexity index is 134. The van der Waals surface area contributed by atoms with Gasteiger partial charge in [-0.05, 0) is 0 Å². The first-order valence-electron chi connectivity index (χ1n) is 2.88. The molecule has 2 atom stereocenters. The van der Waals surface area contributed by atoms with E-state index in [9.17, 15) is 19.8 Å². The van der Waals surface area contributed by atoms with Crippen LogP contribution in [0, 0.1) is 11.8 Å². The first kappa shape index (κ1) is 8.94. The Hall–Kier alpha value is -1.06. The highest BCUT2D eigenvalue weighted by atomic mass is 16.4. The molecule has 0 radical (unpaired) electrons. The van der Waals surface area contributed by atoms with Crippen LogP contribution in [-0.2, 0) is 9.59 Å². The Labute approximate surface area is 58.5 Å². The van der Waals surface area contributed by atoms with E-state index in [1.807, 2.05) is 0 Å². The lowest BCUT2D eigenvalue weighted by atomic mass is 9.97. The van der Waals surface area contributed by atoms with Crippen molar-refractivity contribution in [2.24, 2.45) is 11.8 Å². The van der Waals surface area contributed by atoms with E-state index < -0.39 is 23.8 Å². The van der Waals surface area contributed by atoms with Gasteiger partial charge in [0, 0.05) is 23.8 Å². The summed E-state index contributed by atoms with van der Waals surface area (Å²) < 4.78 is 0. The number of carboxylic acid groups (broad SMARTS) is 2. The second kappa shape index (κ2) is 3.20. The van der Waals surface area contributed by atoms with Crippen LogP contribution < -0.4 is 10.2 Å². The van der Waals surface area contributed by atoms with Crippen LogP contribution in [0.25, 0.3) is 0 Å². The van der Waals surface area contributed by atoms with Crippen molar-refractivity contribution < 1.29 is 19.8 Å². The molecule has 4 nitrogen and oxygen atoms in total. The van der Waals surface area contributed by atoms with Crippen LogP contribution in [-0.4, -0.2) is 11.9 Å². The summed E-state index contributed by atoms with van der Waals surface area (Å²) in [6, 6.07) is 0. The Morgan fingerprint density at radius 1 is 1.00 bits per heavy atom. The van der Waals surface area contributed by atoms with Crippen LogP contribution in [0.15, 0.2) is 0 Å². The minimum Gasteiger partial charge on any atom is -0.550 e. The Morgan fingerprint density at radius 2 is 1.20 bits per heavy atom. The summed E-state index contributed by atoms with van der Waals surface area (Å²) >= 11 is 0. The predicted molar refractivity (Wildman–Crippen MR) is 28.3 cm³/mol. The lowest BCUT2D eigenvalue weighted by molar-refractivity contribution is -0.325. The average Bonchev–Trinajstić information content (AvgIpc) is 1.84. The van der Waals surface area contributed by atoms with Crippen LogP contribution in [0.3, 0.4) is 0 Å². The summed E-state index contributed by atoms with van der Waals surface area (Å²) in [6.07, 6.45) is 0. The van der Waals surface area contributed by atoms with Gasteiger partial charge in [0.05, 0.1) is 0 Å². The van der Waals surface area contributed by atoms with Gasteiger partial charge in [0.25, 0.3) is 0 Å². The van der Waals surface area contributed by atoms with E-state index in [1.165, 1.54) is 13.8 Å². The van der Waals surface area contributed by atoms with Gasteiger partial charge in [-0.3, -0.25) is 0 Å². The van der Waals surface area contributed by atoms with Crippen molar-refractivity contribution in [3.05, 3.63) is 0 Å². The SMILES string of the molecule is C[C@H](C(=O)[O-])[C@H](C)C(=O)[O-]. The van der Waals surface area contributed by atoms with Gasteiger partial charge in [0.15, 0.2) is 0 Å². The third-order valence-corrected chi connectivity index (χ3v) is 1.49. The molecule has 0 saturated carbocycles.